The first-order valence-corrected chi connectivity index (χ1v) is 12.4. The Labute approximate surface area is 195 Å². The summed E-state index contributed by atoms with van der Waals surface area (Å²) in [5.74, 6) is 0.958. The maximum atomic E-state index is 13.3. The molecular weight excluding hydrogens is 452 g/mol. The van der Waals surface area contributed by atoms with E-state index in [1.807, 2.05) is 33.7 Å². The summed E-state index contributed by atoms with van der Waals surface area (Å²) in [5.41, 5.74) is 2.48. The van der Waals surface area contributed by atoms with Gasteiger partial charge in [-0.05, 0) is 61.4 Å². The number of aromatic nitrogens is 3. The zero-order chi connectivity index (χ0) is 23.3. The molecule has 0 aliphatic carbocycles. The number of sulfonamides is 1. The smallest absolute Gasteiger partial charge is 0.285 e. The lowest BCUT2D eigenvalue weighted by Crippen LogP contribution is -2.31. The summed E-state index contributed by atoms with van der Waals surface area (Å²) in [6.07, 6.45) is 3.64. The second kappa shape index (κ2) is 7.77. The van der Waals surface area contributed by atoms with Crippen LogP contribution in [0.25, 0.3) is 5.65 Å². The first-order chi connectivity index (χ1) is 16.5. The Morgan fingerprint density at radius 3 is 2.62 bits per heavy atom. The Morgan fingerprint density at radius 1 is 0.971 bits per heavy atom. The number of amides is 1. The topological polar surface area (TPSA) is 109 Å². The molecule has 2 aromatic heterocycles. The van der Waals surface area contributed by atoms with Crippen LogP contribution in [0.4, 0.5) is 5.69 Å². The van der Waals surface area contributed by atoms with Gasteiger partial charge in [-0.15, -0.1) is 14.6 Å². The predicted molar refractivity (Wildman–Crippen MR) is 126 cm³/mol. The Hall–Kier alpha value is -4.05. The minimum Gasteiger partial charge on any atom is -0.339 e. The van der Waals surface area contributed by atoms with Crippen molar-refractivity contribution in [1.29, 1.82) is 0 Å². The van der Waals surface area contributed by atoms with Crippen molar-refractivity contribution in [2.24, 2.45) is 4.40 Å². The Kier molecular flexibility index (Phi) is 4.70. The first kappa shape index (κ1) is 20.5. The molecule has 1 N–H and O–H groups in total. The van der Waals surface area contributed by atoms with Crippen molar-refractivity contribution >= 4 is 33.1 Å². The highest BCUT2D eigenvalue weighted by Crippen LogP contribution is 2.33. The van der Waals surface area contributed by atoms with Gasteiger partial charge in [0.05, 0.1) is 6.04 Å². The number of rotatable bonds is 3. The fourth-order valence-corrected chi connectivity index (χ4v) is 5.74. The van der Waals surface area contributed by atoms with Gasteiger partial charge in [0, 0.05) is 29.6 Å². The van der Waals surface area contributed by atoms with Crippen LogP contribution in [0, 0.1) is 0 Å². The molecule has 0 radical (unpaired) electrons. The van der Waals surface area contributed by atoms with Gasteiger partial charge in [0.15, 0.2) is 17.3 Å². The monoisotopic (exact) mass is 472 g/mol. The van der Waals surface area contributed by atoms with E-state index in [2.05, 4.69) is 19.9 Å². The van der Waals surface area contributed by atoms with Gasteiger partial charge < -0.3 is 10.2 Å². The lowest BCUT2D eigenvalue weighted by atomic mass is 10.1. The summed E-state index contributed by atoms with van der Waals surface area (Å²) in [6.45, 7) is 0.650. The second-order valence-electron chi connectivity index (χ2n) is 8.26. The average molecular weight is 473 g/mol. The van der Waals surface area contributed by atoms with Crippen molar-refractivity contribution < 1.29 is 13.2 Å². The molecule has 2 aliphatic heterocycles. The summed E-state index contributed by atoms with van der Waals surface area (Å²) in [5, 5.41) is 11.6. The second-order valence-corrected chi connectivity index (χ2v) is 9.83. The van der Waals surface area contributed by atoms with E-state index in [1.54, 1.807) is 42.5 Å². The van der Waals surface area contributed by atoms with E-state index in [4.69, 9.17) is 0 Å². The molecular formula is C24H20N6O3S. The number of pyridine rings is 1. The maximum absolute atomic E-state index is 13.3. The number of fused-ring (bicyclic) bond motifs is 2. The number of anilines is 1. The molecule has 6 rings (SSSR count). The molecule has 170 valence electrons. The SMILES string of the molecule is O=C(c1ccc(NC2=NS(=O)(=O)c3ccccc32)cc1)N1CCCC1c1nnc2ccccn12. The van der Waals surface area contributed by atoms with E-state index < -0.39 is 10.0 Å². The highest BCUT2D eigenvalue weighted by atomic mass is 32.2. The van der Waals surface area contributed by atoms with Gasteiger partial charge in [-0.1, -0.05) is 18.2 Å². The van der Waals surface area contributed by atoms with Crippen LogP contribution in [0.15, 0.2) is 82.2 Å². The molecule has 1 atom stereocenters. The van der Waals surface area contributed by atoms with Gasteiger partial charge in [-0.2, -0.15) is 8.42 Å². The predicted octanol–water partition coefficient (Wildman–Crippen LogP) is 3.27. The van der Waals surface area contributed by atoms with Gasteiger partial charge in [0.25, 0.3) is 15.9 Å². The minimum atomic E-state index is -3.70. The lowest BCUT2D eigenvalue weighted by Gasteiger charge is -2.23. The molecule has 1 saturated heterocycles. The third kappa shape index (κ3) is 3.34. The molecule has 0 bridgehead atoms. The highest BCUT2D eigenvalue weighted by Gasteiger charge is 2.34. The van der Waals surface area contributed by atoms with Crippen molar-refractivity contribution in [3.05, 3.63) is 89.9 Å². The molecule has 4 aromatic rings. The summed E-state index contributed by atoms with van der Waals surface area (Å²) >= 11 is 0. The largest absolute Gasteiger partial charge is 0.339 e. The number of carbonyl (C=O) groups is 1. The summed E-state index contributed by atoms with van der Waals surface area (Å²) in [6, 6.07) is 19.2. The number of hydrogen-bond donors (Lipinski definition) is 1. The minimum absolute atomic E-state index is 0.0761. The van der Waals surface area contributed by atoms with Gasteiger partial charge >= 0.3 is 0 Å². The van der Waals surface area contributed by atoms with E-state index >= 15 is 0 Å². The number of hydrogen-bond acceptors (Lipinski definition) is 6. The van der Waals surface area contributed by atoms with E-state index in [9.17, 15) is 13.2 Å². The molecule has 1 amide bonds. The Morgan fingerprint density at radius 2 is 1.76 bits per heavy atom. The van der Waals surface area contributed by atoms with Crippen LogP contribution in [0.2, 0.25) is 0 Å². The van der Waals surface area contributed by atoms with Crippen LogP contribution < -0.4 is 5.32 Å². The number of nitrogens with one attached hydrogen (secondary N) is 1. The fourth-order valence-electron chi connectivity index (χ4n) is 4.56. The molecule has 1 unspecified atom stereocenters. The average Bonchev–Trinajstić information content (AvgIpc) is 3.56. The number of nitrogens with zero attached hydrogens (tertiary/aromatic N) is 5. The third-order valence-electron chi connectivity index (χ3n) is 6.18. The van der Waals surface area contributed by atoms with Crippen LogP contribution in [0.5, 0.6) is 0 Å². The molecule has 2 aliphatic rings. The number of amidine groups is 1. The van der Waals surface area contributed by atoms with Crippen molar-refractivity contribution in [3.63, 3.8) is 0 Å². The molecule has 0 spiro atoms. The number of carbonyl (C=O) groups excluding carboxylic acids is 1. The Bertz CT molecular complexity index is 1560. The zero-order valence-electron chi connectivity index (χ0n) is 18.0. The Balaban J connectivity index is 1.23. The van der Waals surface area contributed by atoms with E-state index in [0.717, 1.165) is 24.3 Å². The van der Waals surface area contributed by atoms with Crippen LogP contribution in [-0.4, -0.2) is 46.2 Å². The van der Waals surface area contributed by atoms with E-state index in [-0.39, 0.29) is 22.7 Å². The zero-order valence-corrected chi connectivity index (χ0v) is 18.8. The fraction of sp³-hybridized carbons (Fsp3) is 0.167. The summed E-state index contributed by atoms with van der Waals surface area (Å²) in [4.78, 5) is 15.4. The summed E-state index contributed by atoms with van der Waals surface area (Å²) in [7, 11) is -3.70. The number of likely N-dealkylation sites (tertiary alicyclic amines) is 1. The van der Waals surface area contributed by atoms with Crippen LogP contribution in [0.1, 0.15) is 40.6 Å². The molecule has 9 nitrogen and oxygen atoms in total. The van der Waals surface area contributed by atoms with Crippen LogP contribution >= 0.6 is 0 Å². The quantitative estimate of drug-likeness (QED) is 0.490. The summed E-state index contributed by atoms with van der Waals surface area (Å²) < 4.78 is 30.3. The van der Waals surface area contributed by atoms with Crippen molar-refractivity contribution in [1.82, 2.24) is 19.5 Å². The molecule has 1 fully saturated rings. The highest BCUT2D eigenvalue weighted by molar-refractivity contribution is 7.90. The molecule has 34 heavy (non-hydrogen) atoms. The molecule has 0 saturated carbocycles. The first-order valence-electron chi connectivity index (χ1n) is 10.9. The molecule has 10 heteroatoms. The maximum Gasteiger partial charge on any atom is 0.285 e. The van der Waals surface area contributed by atoms with Gasteiger partial charge in [0.1, 0.15) is 4.90 Å². The van der Waals surface area contributed by atoms with Crippen molar-refractivity contribution in [2.75, 3.05) is 11.9 Å². The van der Waals surface area contributed by atoms with Gasteiger partial charge in [-0.25, -0.2) is 0 Å². The van der Waals surface area contributed by atoms with Gasteiger partial charge in [-0.3, -0.25) is 9.20 Å². The van der Waals surface area contributed by atoms with Crippen molar-refractivity contribution in [3.8, 4) is 0 Å². The van der Waals surface area contributed by atoms with Crippen molar-refractivity contribution in [2.45, 2.75) is 23.8 Å². The van der Waals surface area contributed by atoms with E-state index in [1.165, 1.54) is 6.07 Å². The molecule has 2 aromatic carbocycles. The van der Waals surface area contributed by atoms with Crippen LogP contribution in [-0.2, 0) is 10.0 Å². The number of benzene rings is 2. The van der Waals surface area contributed by atoms with E-state index in [0.29, 0.717) is 23.4 Å². The van der Waals surface area contributed by atoms with Crippen LogP contribution in [0.3, 0.4) is 0 Å². The normalized spacial score (nSPS) is 18.6. The lowest BCUT2D eigenvalue weighted by molar-refractivity contribution is 0.0729. The molecule has 4 heterocycles. The standard InChI is InChI=1S/C24H20N6O3S/c31-24(29-15-5-7-19(29)23-27-26-21-9-3-4-14-30(21)23)16-10-12-17(13-11-16)25-22-18-6-1-2-8-20(18)34(32,33)28-22/h1-4,6,8-14,19H,5,7,15H2,(H,25,28). The third-order valence-corrected chi connectivity index (χ3v) is 7.51. The van der Waals surface area contributed by atoms with Gasteiger partial charge in [0.2, 0.25) is 0 Å².